The summed E-state index contributed by atoms with van der Waals surface area (Å²) in [5, 5.41) is 2.46. The third kappa shape index (κ3) is 2.68. The fourth-order valence-corrected chi connectivity index (χ4v) is 1.93. The standard InChI is InChI=1S/C8H11F3N2S/c1-3-12-6(8(9,10)11)7-13-4-5(2)14-7/h4,6,12H,3H2,1-2H3. The highest BCUT2D eigenvalue weighted by atomic mass is 32.1. The van der Waals surface area contributed by atoms with Crippen molar-refractivity contribution in [1.82, 2.24) is 10.3 Å². The molecular weight excluding hydrogens is 213 g/mol. The minimum absolute atomic E-state index is 0.0804. The van der Waals surface area contributed by atoms with E-state index < -0.39 is 12.2 Å². The van der Waals surface area contributed by atoms with Gasteiger partial charge in [-0.1, -0.05) is 6.92 Å². The van der Waals surface area contributed by atoms with E-state index in [4.69, 9.17) is 0 Å². The van der Waals surface area contributed by atoms with Crippen LogP contribution in [0, 0.1) is 6.92 Å². The molecule has 0 spiro atoms. The summed E-state index contributed by atoms with van der Waals surface area (Å²) < 4.78 is 37.5. The van der Waals surface area contributed by atoms with Crippen LogP contribution in [0.3, 0.4) is 0 Å². The Morgan fingerprint density at radius 3 is 2.57 bits per heavy atom. The molecule has 0 aliphatic rings. The third-order valence-corrected chi connectivity index (χ3v) is 2.60. The first-order valence-corrected chi connectivity index (χ1v) is 4.99. The van der Waals surface area contributed by atoms with Gasteiger partial charge in [0.05, 0.1) is 0 Å². The van der Waals surface area contributed by atoms with Crippen molar-refractivity contribution in [3.8, 4) is 0 Å². The van der Waals surface area contributed by atoms with Crippen LogP contribution in [-0.4, -0.2) is 17.7 Å². The van der Waals surface area contributed by atoms with Crippen molar-refractivity contribution in [1.29, 1.82) is 0 Å². The van der Waals surface area contributed by atoms with Crippen molar-refractivity contribution in [3.63, 3.8) is 0 Å². The van der Waals surface area contributed by atoms with Gasteiger partial charge in [-0.15, -0.1) is 11.3 Å². The Balaban J connectivity index is 2.88. The molecule has 2 nitrogen and oxygen atoms in total. The van der Waals surface area contributed by atoms with E-state index in [1.807, 2.05) is 0 Å². The maximum absolute atomic E-state index is 12.5. The Bertz CT molecular complexity index is 295. The number of aryl methyl sites for hydroxylation is 1. The van der Waals surface area contributed by atoms with Crippen molar-refractivity contribution in [2.24, 2.45) is 0 Å². The average Bonchev–Trinajstić information content (AvgIpc) is 2.45. The molecule has 0 bridgehead atoms. The molecule has 1 aromatic heterocycles. The Kier molecular flexibility index (Phi) is 3.49. The lowest BCUT2D eigenvalue weighted by molar-refractivity contribution is -0.157. The van der Waals surface area contributed by atoms with Gasteiger partial charge in [0.15, 0.2) is 6.04 Å². The molecule has 1 N–H and O–H groups in total. The van der Waals surface area contributed by atoms with Gasteiger partial charge in [-0.2, -0.15) is 13.2 Å². The number of nitrogens with zero attached hydrogens (tertiary/aromatic N) is 1. The zero-order chi connectivity index (χ0) is 10.8. The molecular formula is C8H11F3N2S. The zero-order valence-electron chi connectivity index (χ0n) is 7.85. The molecule has 0 saturated heterocycles. The molecule has 80 valence electrons. The van der Waals surface area contributed by atoms with E-state index in [1.165, 1.54) is 6.20 Å². The van der Waals surface area contributed by atoms with Crippen molar-refractivity contribution < 1.29 is 13.2 Å². The van der Waals surface area contributed by atoms with E-state index in [0.717, 1.165) is 16.2 Å². The second-order valence-corrected chi connectivity index (χ2v) is 4.11. The monoisotopic (exact) mass is 224 g/mol. The average molecular weight is 224 g/mol. The van der Waals surface area contributed by atoms with Crippen molar-refractivity contribution >= 4 is 11.3 Å². The molecule has 0 aliphatic heterocycles. The minimum Gasteiger partial charge on any atom is -0.301 e. The molecule has 6 heteroatoms. The number of rotatable bonds is 3. The minimum atomic E-state index is -4.28. The lowest BCUT2D eigenvalue weighted by atomic mass is 10.3. The van der Waals surface area contributed by atoms with E-state index in [9.17, 15) is 13.2 Å². The maximum Gasteiger partial charge on any atom is 0.410 e. The summed E-state index contributed by atoms with van der Waals surface area (Å²) in [6.07, 6.45) is -2.82. The van der Waals surface area contributed by atoms with Gasteiger partial charge in [0.1, 0.15) is 5.01 Å². The van der Waals surface area contributed by atoms with E-state index in [2.05, 4.69) is 10.3 Å². The van der Waals surface area contributed by atoms with E-state index >= 15 is 0 Å². The third-order valence-electron chi connectivity index (χ3n) is 1.62. The topological polar surface area (TPSA) is 24.9 Å². The Labute approximate surface area is 84.2 Å². The van der Waals surface area contributed by atoms with Gasteiger partial charge in [0.25, 0.3) is 0 Å². The smallest absolute Gasteiger partial charge is 0.301 e. The maximum atomic E-state index is 12.5. The molecule has 1 heterocycles. The summed E-state index contributed by atoms with van der Waals surface area (Å²) in [7, 11) is 0. The normalized spacial score (nSPS) is 14.4. The van der Waals surface area contributed by atoms with E-state index in [0.29, 0.717) is 0 Å². The molecule has 0 fully saturated rings. The predicted molar refractivity (Wildman–Crippen MR) is 49.3 cm³/mol. The van der Waals surface area contributed by atoms with Crippen molar-refractivity contribution in [2.75, 3.05) is 6.54 Å². The lowest BCUT2D eigenvalue weighted by Crippen LogP contribution is -2.33. The number of hydrogen-bond donors (Lipinski definition) is 1. The highest BCUT2D eigenvalue weighted by molar-refractivity contribution is 7.11. The molecule has 0 saturated carbocycles. The molecule has 0 aliphatic carbocycles. The summed E-state index contributed by atoms with van der Waals surface area (Å²) >= 11 is 1.07. The lowest BCUT2D eigenvalue weighted by Gasteiger charge is -2.18. The second kappa shape index (κ2) is 4.27. The number of aromatic nitrogens is 1. The van der Waals surface area contributed by atoms with Gasteiger partial charge in [0.2, 0.25) is 0 Å². The van der Waals surface area contributed by atoms with Crippen LogP contribution < -0.4 is 5.32 Å². The fourth-order valence-electron chi connectivity index (χ4n) is 1.05. The number of hydrogen-bond acceptors (Lipinski definition) is 3. The summed E-state index contributed by atoms with van der Waals surface area (Å²) in [6, 6.07) is -1.63. The van der Waals surface area contributed by atoms with Crippen molar-refractivity contribution in [2.45, 2.75) is 26.1 Å². The van der Waals surface area contributed by atoms with Crippen LogP contribution >= 0.6 is 11.3 Å². The Morgan fingerprint density at radius 1 is 1.57 bits per heavy atom. The Hall–Kier alpha value is -0.620. The van der Waals surface area contributed by atoms with E-state index in [1.54, 1.807) is 13.8 Å². The van der Waals surface area contributed by atoms with Gasteiger partial charge in [0, 0.05) is 11.1 Å². The van der Waals surface area contributed by atoms with Gasteiger partial charge in [-0.3, -0.25) is 0 Å². The van der Waals surface area contributed by atoms with Gasteiger partial charge in [-0.25, -0.2) is 4.98 Å². The predicted octanol–water partition coefficient (Wildman–Crippen LogP) is 2.66. The summed E-state index contributed by atoms with van der Waals surface area (Å²) in [4.78, 5) is 4.52. The highest BCUT2D eigenvalue weighted by Gasteiger charge is 2.41. The summed E-state index contributed by atoms with van der Waals surface area (Å²) in [5.41, 5.74) is 0. The number of nitrogens with one attached hydrogen (secondary N) is 1. The second-order valence-electron chi connectivity index (χ2n) is 2.84. The molecule has 1 rings (SSSR count). The number of halogens is 3. The molecule has 1 unspecified atom stereocenters. The first-order valence-electron chi connectivity index (χ1n) is 4.17. The number of thiazole rings is 1. The molecule has 1 atom stereocenters. The summed E-state index contributed by atoms with van der Waals surface area (Å²) in [6.45, 7) is 3.64. The highest BCUT2D eigenvalue weighted by Crippen LogP contribution is 2.34. The Morgan fingerprint density at radius 2 is 2.21 bits per heavy atom. The quantitative estimate of drug-likeness (QED) is 0.853. The van der Waals surface area contributed by atoms with Crippen LogP contribution in [0.1, 0.15) is 22.9 Å². The fraction of sp³-hybridized carbons (Fsp3) is 0.625. The first-order chi connectivity index (χ1) is 6.45. The molecule has 0 aromatic carbocycles. The largest absolute Gasteiger partial charge is 0.410 e. The van der Waals surface area contributed by atoms with Crippen molar-refractivity contribution in [3.05, 3.63) is 16.1 Å². The number of alkyl halides is 3. The molecule has 14 heavy (non-hydrogen) atoms. The zero-order valence-corrected chi connectivity index (χ0v) is 8.67. The molecule has 0 amide bonds. The van der Waals surface area contributed by atoms with Crippen LogP contribution in [0.25, 0.3) is 0 Å². The summed E-state index contributed by atoms with van der Waals surface area (Å²) in [5.74, 6) is 0. The SMILES string of the molecule is CCNC(c1ncc(C)s1)C(F)(F)F. The van der Waals surface area contributed by atoms with Gasteiger partial charge < -0.3 is 5.32 Å². The van der Waals surface area contributed by atoms with Crippen LogP contribution in [0.4, 0.5) is 13.2 Å². The van der Waals surface area contributed by atoms with Gasteiger partial charge >= 0.3 is 6.18 Å². The van der Waals surface area contributed by atoms with Gasteiger partial charge in [-0.05, 0) is 13.5 Å². The van der Waals surface area contributed by atoms with Crippen LogP contribution in [0.2, 0.25) is 0 Å². The first kappa shape index (κ1) is 11.5. The van der Waals surface area contributed by atoms with Crippen LogP contribution in [0.15, 0.2) is 6.20 Å². The van der Waals surface area contributed by atoms with Crippen LogP contribution in [0.5, 0.6) is 0 Å². The molecule has 0 radical (unpaired) electrons. The van der Waals surface area contributed by atoms with Crippen LogP contribution in [-0.2, 0) is 0 Å². The van der Waals surface area contributed by atoms with E-state index in [-0.39, 0.29) is 11.6 Å². The molecule has 1 aromatic rings.